The van der Waals surface area contributed by atoms with Gasteiger partial charge in [0, 0.05) is 11.7 Å². The molecular weight excluding hydrogens is 268 g/mol. The molecular formula is C14H20N6O. The van der Waals surface area contributed by atoms with Gasteiger partial charge in [-0.1, -0.05) is 13.0 Å². The maximum absolute atomic E-state index is 11.9. The van der Waals surface area contributed by atoms with Crippen molar-refractivity contribution in [2.45, 2.75) is 33.2 Å². The molecule has 7 heteroatoms. The third kappa shape index (κ3) is 4.09. The van der Waals surface area contributed by atoms with Gasteiger partial charge in [0.15, 0.2) is 0 Å². The minimum Gasteiger partial charge on any atom is -0.325 e. The Morgan fingerprint density at radius 1 is 1.43 bits per heavy atom. The van der Waals surface area contributed by atoms with E-state index < -0.39 is 0 Å². The van der Waals surface area contributed by atoms with Crippen LogP contribution in [0.1, 0.15) is 25.8 Å². The summed E-state index contributed by atoms with van der Waals surface area (Å²) < 4.78 is 1.57. The number of carbonyl (C=O) groups is 1. The molecule has 0 aliphatic heterocycles. The number of tetrazole rings is 1. The number of anilines is 1. The SMILES string of the molecule is CCC(C)NCC(=O)Nc1ccc(C)c(-n2cnnn2)c1. The Morgan fingerprint density at radius 2 is 2.24 bits per heavy atom. The van der Waals surface area contributed by atoms with Gasteiger partial charge in [0.1, 0.15) is 6.33 Å². The van der Waals surface area contributed by atoms with Crippen molar-refractivity contribution in [3.8, 4) is 5.69 Å². The molecule has 0 bridgehead atoms. The molecule has 1 amide bonds. The third-order valence-electron chi connectivity index (χ3n) is 3.31. The molecule has 112 valence electrons. The molecule has 2 aromatic rings. The quantitative estimate of drug-likeness (QED) is 0.837. The van der Waals surface area contributed by atoms with E-state index in [1.165, 1.54) is 6.33 Å². The first-order chi connectivity index (χ1) is 10.1. The van der Waals surface area contributed by atoms with Crippen LogP contribution in [-0.4, -0.2) is 38.7 Å². The monoisotopic (exact) mass is 288 g/mol. The highest BCUT2D eigenvalue weighted by Crippen LogP contribution is 2.18. The molecule has 1 atom stereocenters. The largest absolute Gasteiger partial charge is 0.325 e. The van der Waals surface area contributed by atoms with Crippen molar-refractivity contribution in [1.82, 2.24) is 25.5 Å². The molecule has 21 heavy (non-hydrogen) atoms. The molecule has 0 fully saturated rings. The molecule has 1 aromatic carbocycles. The number of aryl methyl sites for hydroxylation is 1. The van der Waals surface area contributed by atoms with Gasteiger partial charge in [-0.05, 0) is 48.4 Å². The molecule has 0 radical (unpaired) electrons. The van der Waals surface area contributed by atoms with E-state index in [2.05, 4.69) is 40.0 Å². The number of hydrogen-bond acceptors (Lipinski definition) is 5. The summed E-state index contributed by atoms with van der Waals surface area (Å²) in [6.45, 7) is 6.39. The van der Waals surface area contributed by atoms with Crippen LogP contribution in [0.2, 0.25) is 0 Å². The lowest BCUT2D eigenvalue weighted by Crippen LogP contribution is -2.33. The number of rotatable bonds is 6. The molecule has 0 saturated carbocycles. The standard InChI is InChI=1S/C14H20N6O/c1-4-11(3)15-8-14(21)17-12-6-5-10(2)13(7-12)20-9-16-18-19-20/h5-7,9,11,15H,4,8H2,1-3H3,(H,17,21). The Labute approximate surface area is 123 Å². The number of nitrogens with one attached hydrogen (secondary N) is 2. The van der Waals surface area contributed by atoms with E-state index in [9.17, 15) is 4.79 Å². The van der Waals surface area contributed by atoms with Crippen LogP contribution in [-0.2, 0) is 4.79 Å². The summed E-state index contributed by atoms with van der Waals surface area (Å²) in [5.41, 5.74) is 2.59. The van der Waals surface area contributed by atoms with Gasteiger partial charge >= 0.3 is 0 Å². The first-order valence-corrected chi connectivity index (χ1v) is 6.97. The van der Waals surface area contributed by atoms with Gasteiger partial charge in [-0.2, -0.15) is 0 Å². The molecule has 1 heterocycles. The van der Waals surface area contributed by atoms with Crippen molar-refractivity contribution in [1.29, 1.82) is 0 Å². The van der Waals surface area contributed by atoms with Gasteiger partial charge in [0.25, 0.3) is 0 Å². The van der Waals surface area contributed by atoms with Gasteiger partial charge in [-0.3, -0.25) is 4.79 Å². The smallest absolute Gasteiger partial charge is 0.238 e. The highest BCUT2D eigenvalue weighted by Gasteiger charge is 2.08. The molecule has 7 nitrogen and oxygen atoms in total. The summed E-state index contributed by atoms with van der Waals surface area (Å²) in [5.74, 6) is -0.0678. The van der Waals surface area contributed by atoms with E-state index in [4.69, 9.17) is 0 Å². The average molecular weight is 288 g/mol. The predicted octanol–water partition coefficient (Wildman–Crippen LogP) is 1.30. The van der Waals surface area contributed by atoms with Gasteiger partial charge in [-0.25, -0.2) is 4.68 Å². The van der Waals surface area contributed by atoms with Crippen molar-refractivity contribution in [2.75, 3.05) is 11.9 Å². The summed E-state index contributed by atoms with van der Waals surface area (Å²) in [6, 6.07) is 5.97. The predicted molar refractivity (Wildman–Crippen MR) is 80.3 cm³/mol. The second-order valence-corrected chi connectivity index (χ2v) is 4.99. The Morgan fingerprint density at radius 3 is 2.90 bits per heavy atom. The fraction of sp³-hybridized carbons (Fsp3) is 0.429. The first-order valence-electron chi connectivity index (χ1n) is 6.97. The lowest BCUT2D eigenvalue weighted by Gasteiger charge is -2.12. The van der Waals surface area contributed by atoms with Crippen molar-refractivity contribution >= 4 is 11.6 Å². The fourth-order valence-electron chi connectivity index (χ4n) is 1.82. The molecule has 0 aliphatic carbocycles. The van der Waals surface area contributed by atoms with Crippen LogP contribution < -0.4 is 10.6 Å². The fourth-order valence-corrected chi connectivity index (χ4v) is 1.82. The zero-order valence-electron chi connectivity index (χ0n) is 12.5. The van der Waals surface area contributed by atoms with Crippen LogP contribution in [0.4, 0.5) is 5.69 Å². The topological polar surface area (TPSA) is 84.7 Å². The third-order valence-corrected chi connectivity index (χ3v) is 3.31. The summed E-state index contributed by atoms with van der Waals surface area (Å²) in [4.78, 5) is 11.9. The maximum atomic E-state index is 11.9. The minimum absolute atomic E-state index is 0.0678. The zero-order chi connectivity index (χ0) is 15.2. The number of benzene rings is 1. The van der Waals surface area contributed by atoms with E-state index in [0.717, 1.165) is 23.4 Å². The average Bonchev–Trinajstić information content (AvgIpc) is 3.00. The first kappa shape index (κ1) is 15.1. The summed E-state index contributed by atoms with van der Waals surface area (Å²) in [7, 11) is 0. The molecule has 2 rings (SSSR count). The van der Waals surface area contributed by atoms with E-state index in [1.54, 1.807) is 4.68 Å². The van der Waals surface area contributed by atoms with Crippen LogP contribution in [0.15, 0.2) is 24.5 Å². The molecule has 1 aromatic heterocycles. The lowest BCUT2D eigenvalue weighted by molar-refractivity contribution is -0.115. The van der Waals surface area contributed by atoms with Gasteiger partial charge < -0.3 is 10.6 Å². The van der Waals surface area contributed by atoms with Gasteiger partial charge in [0.2, 0.25) is 5.91 Å². The summed E-state index contributed by atoms with van der Waals surface area (Å²) in [6.07, 6.45) is 2.51. The van der Waals surface area contributed by atoms with Crippen molar-refractivity contribution < 1.29 is 4.79 Å². The minimum atomic E-state index is -0.0678. The van der Waals surface area contributed by atoms with E-state index in [0.29, 0.717) is 12.6 Å². The molecule has 0 saturated heterocycles. The molecule has 1 unspecified atom stereocenters. The molecule has 0 spiro atoms. The second kappa shape index (κ2) is 6.94. The number of hydrogen-bond donors (Lipinski definition) is 2. The zero-order valence-corrected chi connectivity index (χ0v) is 12.5. The Kier molecular flexibility index (Phi) is 4.99. The lowest BCUT2D eigenvalue weighted by atomic mass is 10.2. The van der Waals surface area contributed by atoms with Crippen molar-refractivity contribution in [3.05, 3.63) is 30.1 Å². The van der Waals surface area contributed by atoms with E-state index in [-0.39, 0.29) is 5.91 Å². The van der Waals surface area contributed by atoms with Crippen LogP contribution in [0, 0.1) is 6.92 Å². The number of carbonyl (C=O) groups excluding carboxylic acids is 1. The molecule has 0 aliphatic rings. The number of amides is 1. The van der Waals surface area contributed by atoms with E-state index in [1.807, 2.05) is 25.1 Å². The normalized spacial score (nSPS) is 12.1. The van der Waals surface area contributed by atoms with Crippen molar-refractivity contribution in [2.24, 2.45) is 0 Å². The van der Waals surface area contributed by atoms with E-state index >= 15 is 0 Å². The summed E-state index contributed by atoms with van der Waals surface area (Å²) >= 11 is 0. The number of nitrogens with zero attached hydrogens (tertiary/aromatic N) is 4. The Bertz CT molecular complexity index is 596. The van der Waals surface area contributed by atoms with Crippen LogP contribution in [0.3, 0.4) is 0 Å². The molecule has 2 N–H and O–H groups in total. The Balaban J connectivity index is 2.04. The summed E-state index contributed by atoms with van der Waals surface area (Å²) in [5, 5.41) is 17.1. The maximum Gasteiger partial charge on any atom is 0.238 e. The van der Waals surface area contributed by atoms with Gasteiger partial charge in [-0.15, -0.1) is 5.10 Å². The highest BCUT2D eigenvalue weighted by molar-refractivity contribution is 5.92. The van der Waals surface area contributed by atoms with Crippen LogP contribution in [0.5, 0.6) is 0 Å². The van der Waals surface area contributed by atoms with Gasteiger partial charge in [0.05, 0.1) is 12.2 Å². The number of aromatic nitrogens is 4. The highest BCUT2D eigenvalue weighted by atomic mass is 16.1. The Hall–Kier alpha value is -2.28. The van der Waals surface area contributed by atoms with Crippen LogP contribution >= 0.6 is 0 Å². The van der Waals surface area contributed by atoms with Crippen molar-refractivity contribution in [3.63, 3.8) is 0 Å². The second-order valence-electron chi connectivity index (χ2n) is 4.99. The van der Waals surface area contributed by atoms with Crippen LogP contribution in [0.25, 0.3) is 5.69 Å².